The van der Waals surface area contributed by atoms with Gasteiger partial charge >= 0.3 is 0 Å². The Morgan fingerprint density at radius 3 is 2.79 bits per heavy atom. The normalized spacial score (nSPS) is 15.1. The minimum atomic E-state index is -0.262. The Labute approximate surface area is 212 Å². The van der Waals surface area contributed by atoms with Gasteiger partial charge < -0.3 is 5.32 Å². The number of hydrogen-bond donors (Lipinski definition) is 1. The first-order chi connectivity index (χ1) is 16.5. The second kappa shape index (κ2) is 9.38. The third-order valence-electron chi connectivity index (χ3n) is 6.46. The maximum absolute atomic E-state index is 13.5. The van der Waals surface area contributed by atoms with Crippen molar-refractivity contribution in [3.05, 3.63) is 80.1 Å². The zero-order valence-corrected chi connectivity index (χ0v) is 20.8. The van der Waals surface area contributed by atoms with Gasteiger partial charge in [0.25, 0.3) is 5.91 Å². The zero-order chi connectivity index (χ0) is 23.8. The molecule has 5 rings (SSSR count). The van der Waals surface area contributed by atoms with E-state index in [1.807, 2.05) is 30.3 Å². The number of nitriles is 1. The number of amides is 1. The van der Waals surface area contributed by atoms with Crippen LogP contribution in [0.2, 0.25) is 10.0 Å². The van der Waals surface area contributed by atoms with Gasteiger partial charge in [0.2, 0.25) is 0 Å². The summed E-state index contributed by atoms with van der Waals surface area (Å²) in [5, 5.41) is 15.2. The van der Waals surface area contributed by atoms with Crippen molar-refractivity contribution in [3.63, 3.8) is 0 Å². The predicted octanol–water partition coefficient (Wildman–Crippen LogP) is 7.91. The van der Waals surface area contributed by atoms with Gasteiger partial charge in [-0.1, -0.05) is 60.8 Å². The van der Waals surface area contributed by atoms with E-state index >= 15 is 0 Å². The lowest BCUT2D eigenvalue weighted by molar-refractivity contribution is 0.102. The van der Waals surface area contributed by atoms with E-state index in [4.69, 9.17) is 28.2 Å². The van der Waals surface area contributed by atoms with Crippen molar-refractivity contribution in [2.75, 3.05) is 5.32 Å². The molecule has 2 aromatic heterocycles. The number of nitrogens with one attached hydrogen (secondary N) is 1. The molecule has 1 amide bonds. The topological polar surface area (TPSA) is 65.8 Å². The summed E-state index contributed by atoms with van der Waals surface area (Å²) in [6, 6.07) is 16.9. The van der Waals surface area contributed by atoms with Crippen LogP contribution < -0.4 is 5.32 Å². The highest BCUT2D eigenvalue weighted by Gasteiger charge is 2.26. The molecule has 0 fully saturated rings. The molecule has 2 heterocycles. The first-order valence-electron chi connectivity index (χ1n) is 11.2. The molecule has 0 spiro atoms. The Morgan fingerprint density at radius 2 is 2.03 bits per heavy atom. The molecule has 2 aromatic carbocycles. The number of benzene rings is 2. The monoisotopic (exact) mass is 505 g/mol. The van der Waals surface area contributed by atoms with Crippen molar-refractivity contribution in [1.29, 1.82) is 5.26 Å². The largest absolute Gasteiger partial charge is 0.312 e. The van der Waals surface area contributed by atoms with Crippen LogP contribution in [0.25, 0.3) is 22.2 Å². The fourth-order valence-electron chi connectivity index (χ4n) is 4.55. The number of carbonyl (C=O) groups is 1. The maximum Gasteiger partial charge on any atom is 0.257 e. The Balaban J connectivity index is 1.56. The molecule has 0 unspecified atom stereocenters. The molecule has 0 saturated carbocycles. The van der Waals surface area contributed by atoms with Crippen LogP contribution in [0, 0.1) is 17.2 Å². The van der Waals surface area contributed by atoms with Crippen molar-refractivity contribution in [3.8, 4) is 17.3 Å². The summed E-state index contributed by atoms with van der Waals surface area (Å²) in [6.45, 7) is 2.21. The third-order valence-corrected chi connectivity index (χ3v) is 8.37. The summed E-state index contributed by atoms with van der Waals surface area (Å²) in [5.74, 6) is 0.376. The van der Waals surface area contributed by atoms with Gasteiger partial charge in [-0.2, -0.15) is 5.26 Å². The lowest BCUT2D eigenvalue weighted by Crippen LogP contribution is -2.13. The molecule has 0 radical (unpaired) electrons. The summed E-state index contributed by atoms with van der Waals surface area (Å²) in [5.41, 5.74) is 4.29. The van der Waals surface area contributed by atoms with E-state index in [2.05, 4.69) is 18.3 Å². The molecule has 170 valence electrons. The van der Waals surface area contributed by atoms with Crippen molar-refractivity contribution >= 4 is 56.3 Å². The molecule has 0 bridgehead atoms. The van der Waals surface area contributed by atoms with E-state index in [0.717, 1.165) is 42.2 Å². The fourth-order valence-corrected chi connectivity index (χ4v) is 6.15. The molecule has 4 nitrogen and oxygen atoms in total. The summed E-state index contributed by atoms with van der Waals surface area (Å²) in [7, 11) is 0. The molecule has 34 heavy (non-hydrogen) atoms. The van der Waals surface area contributed by atoms with E-state index < -0.39 is 0 Å². The van der Waals surface area contributed by atoms with E-state index in [0.29, 0.717) is 43.3 Å². The summed E-state index contributed by atoms with van der Waals surface area (Å²) >= 11 is 13.8. The van der Waals surface area contributed by atoms with Crippen LogP contribution >= 0.6 is 34.5 Å². The second-order valence-corrected chi connectivity index (χ2v) is 10.4. The molecule has 1 aliphatic carbocycles. The standard InChI is InChI=1S/C27H21Cl2N3OS/c1-2-15-7-9-18-20(14-30)27(34-25(18)11-15)32-26(33)19-13-24(16-8-10-21(28)22(29)12-16)31-23-6-4-3-5-17(19)23/h3-6,8,10,12-13,15H,2,7,9,11H2,1H3,(H,32,33)/t15-/m0/s1. The van der Waals surface area contributed by atoms with Gasteiger partial charge in [-0.25, -0.2) is 4.98 Å². The first kappa shape index (κ1) is 22.9. The average Bonchev–Trinajstić information content (AvgIpc) is 3.20. The van der Waals surface area contributed by atoms with Gasteiger partial charge in [-0.3, -0.25) is 4.79 Å². The van der Waals surface area contributed by atoms with Crippen LogP contribution in [0.3, 0.4) is 0 Å². The number of fused-ring (bicyclic) bond motifs is 2. The second-order valence-electron chi connectivity index (χ2n) is 8.49. The molecular weight excluding hydrogens is 485 g/mol. The molecule has 1 N–H and O–H groups in total. The molecule has 1 atom stereocenters. The molecular formula is C27H21Cl2N3OS. The van der Waals surface area contributed by atoms with Gasteiger partial charge in [0.1, 0.15) is 11.1 Å². The highest BCUT2D eigenvalue weighted by Crippen LogP contribution is 2.40. The van der Waals surface area contributed by atoms with Gasteiger partial charge in [-0.15, -0.1) is 11.3 Å². The smallest absolute Gasteiger partial charge is 0.257 e. The fraction of sp³-hybridized carbons (Fsp3) is 0.222. The summed E-state index contributed by atoms with van der Waals surface area (Å²) < 4.78 is 0. The third kappa shape index (κ3) is 4.18. The highest BCUT2D eigenvalue weighted by molar-refractivity contribution is 7.16. The van der Waals surface area contributed by atoms with Crippen LogP contribution in [0.15, 0.2) is 48.5 Å². The number of halogens is 2. The predicted molar refractivity (Wildman–Crippen MR) is 140 cm³/mol. The number of para-hydroxylation sites is 1. The number of aromatic nitrogens is 1. The van der Waals surface area contributed by atoms with Crippen LogP contribution in [-0.4, -0.2) is 10.9 Å². The van der Waals surface area contributed by atoms with E-state index in [1.165, 1.54) is 16.2 Å². The van der Waals surface area contributed by atoms with Crippen LogP contribution in [0.4, 0.5) is 5.00 Å². The Bertz CT molecular complexity index is 1470. The SMILES string of the molecule is CC[C@H]1CCc2c(sc(NC(=O)c3cc(-c4ccc(Cl)c(Cl)c4)nc4ccccc34)c2C#N)C1. The Kier molecular flexibility index (Phi) is 6.31. The van der Waals surface area contributed by atoms with Crippen molar-refractivity contribution in [1.82, 2.24) is 4.98 Å². The van der Waals surface area contributed by atoms with E-state index in [1.54, 1.807) is 18.2 Å². The van der Waals surface area contributed by atoms with Crippen LogP contribution in [0.1, 0.15) is 46.1 Å². The average molecular weight is 506 g/mol. The van der Waals surface area contributed by atoms with Gasteiger partial charge in [0.15, 0.2) is 0 Å². The lowest BCUT2D eigenvalue weighted by Gasteiger charge is -2.20. The highest BCUT2D eigenvalue weighted by atomic mass is 35.5. The first-order valence-corrected chi connectivity index (χ1v) is 12.8. The minimum Gasteiger partial charge on any atom is -0.312 e. The number of carbonyl (C=O) groups excluding carboxylic acids is 1. The quantitative estimate of drug-likeness (QED) is 0.306. The number of thiophene rings is 1. The molecule has 1 aliphatic rings. The van der Waals surface area contributed by atoms with Crippen LogP contribution in [0.5, 0.6) is 0 Å². The zero-order valence-electron chi connectivity index (χ0n) is 18.5. The number of hydrogen-bond acceptors (Lipinski definition) is 4. The van der Waals surface area contributed by atoms with Gasteiger partial charge in [-0.05, 0) is 55.0 Å². The van der Waals surface area contributed by atoms with Crippen molar-refractivity contribution in [2.45, 2.75) is 32.6 Å². The maximum atomic E-state index is 13.5. The van der Waals surface area contributed by atoms with E-state index in [-0.39, 0.29) is 5.91 Å². The number of rotatable bonds is 4. The summed E-state index contributed by atoms with van der Waals surface area (Å²) in [6.07, 6.45) is 4.08. The van der Waals surface area contributed by atoms with E-state index in [9.17, 15) is 10.1 Å². The molecule has 7 heteroatoms. The number of pyridine rings is 1. The lowest BCUT2D eigenvalue weighted by atomic mass is 9.86. The number of nitrogens with zero attached hydrogens (tertiary/aromatic N) is 2. The van der Waals surface area contributed by atoms with Crippen molar-refractivity contribution < 1.29 is 4.79 Å². The molecule has 0 saturated heterocycles. The van der Waals surface area contributed by atoms with Gasteiger partial charge in [0.05, 0.1) is 32.4 Å². The minimum absolute atomic E-state index is 0.262. The van der Waals surface area contributed by atoms with Crippen molar-refractivity contribution in [2.24, 2.45) is 5.92 Å². The summed E-state index contributed by atoms with van der Waals surface area (Å²) in [4.78, 5) is 19.5. The van der Waals surface area contributed by atoms with Gasteiger partial charge in [0, 0.05) is 15.8 Å². The Hall–Kier alpha value is -2.91. The van der Waals surface area contributed by atoms with Crippen LogP contribution in [-0.2, 0) is 12.8 Å². The molecule has 4 aromatic rings. The Morgan fingerprint density at radius 1 is 1.21 bits per heavy atom. The molecule has 0 aliphatic heterocycles. The number of anilines is 1.